The number of carbonyl (C=O) groups is 1. The summed E-state index contributed by atoms with van der Waals surface area (Å²) in [5.41, 5.74) is 1.05. The second-order valence-corrected chi connectivity index (χ2v) is 7.83. The molecule has 168 valence electrons. The molecule has 0 amide bonds. The van der Waals surface area contributed by atoms with Crippen LogP contribution in [-0.2, 0) is 0 Å². The number of rotatable bonds is 4. The molecular weight excluding hydrogens is 436 g/mol. The Hall–Kier alpha value is -4.65. The summed E-state index contributed by atoms with van der Waals surface area (Å²) in [6.07, 6.45) is 1.22. The Morgan fingerprint density at radius 3 is 2.53 bits per heavy atom. The standard InChI is InChI=1S/C27H18O7/c1-15-7-8-16(2)22(11-15)33-24-14-31-23-13-18(9-10-19(23)25(24)28)32-26(29)20-12-17-5-3-4-6-21(17)34-27(20)30/h3-14H,1-2H3. The molecule has 34 heavy (non-hydrogen) atoms. The minimum Gasteiger partial charge on any atom is -0.460 e. The topological polar surface area (TPSA) is 95.9 Å². The van der Waals surface area contributed by atoms with Gasteiger partial charge in [0.2, 0.25) is 11.2 Å². The lowest BCUT2D eigenvalue weighted by Gasteiger charge is -2.09. The summed E-state index contributed by atoms with van der Waals surface area (Å²) < 4.78 is 21.9. The molecule has 0 unspecified atom stereocenters. The highest BCUT2D eigenvalue weighted by Crippen LogP contribution is 2.27. The molecule has 0 saturated carbocycles. The van der Waals surface area contributed by atoms with Gasteiger partial charge in [0.25, 0.3) is 0 Å². The lowest BCUT2D eigenvalue weighted by atomic mass is 10.1. The molecule has 2 heterocycles. The highest BCUT2D eigenvalue weighted by molar-refractivity contribution is 5.94. The SMILES string of the molecule is Cc1ccc(C)c(Oc2coc3cc(OC(=O)c4cc5ccccc5oc4=O)ccc3c2=O)c1. The first-order valence-corrected chi connectivity index (χ1v) is 10.4. The smallest absolute Gasteiger partial charge is 0.351 e. The highest BCUT2D eigenvalue weighted by Gasteiger charge is 2.17. The van der Waals surface area contributed by atoms with Gasteiger partial charge in [0, 0.05) is 11.5 Å². The Kier molecular flexibility index (Phi) is 5.22. The molecule has 2 aromatic heterocycles. The number of fused-ring (bicyclic) bond motifs is 2. The van der Waals surface area contributed by atoms with Crippen molar-refractivity contribution in [2.75, 3.05) is 0 Å². The van der Waals surface area contributed by atoms with E-state index in [0.717, 1.165) is 11.1 Å². The number of para-hydroxylation sites is 1. The average Bonchev–Trinajstić information content (AvgIpc) is 2.82. The van der Waals surface area contributed by atoms with E-state index < -0.39 is 11.6 Å². The van der Waals surface area contributed by atoms with Crippen molar-refractivity contribution in [3.05, 3.63) is 110 Å². The Morgan fingerprint density at radius 2 is 1.68 bits per heavy atom. The van der Waals surface area contributed by atoms with Crippen molar-refractivity contribution in [2.24, 2.45) is 0 Å². The predicted molar refractivity (Wildman–Crippen MR) is 126 cm³/mol. The third kappa shape index (κ3) is 3.95. The molecule has 0 aliphatic carbocycles. The third-order valence-corrected chi connectivity index (χ3v) is 5.35. The lowest BCUT2D eigenvalue weighted by molar-refractivity contribution is 0.0730. The Labute approximate surface area is 192 Å². The average molecular weight is 454 g/mol. The summed E-state index contributed by atoms with van der Waals surface area (Å²) in [6.45, 7) is 3.81. The lowest BCUT2D eigenvalue weighted by Crippen LogP contribution is -2.18. The third-order valence-electron chi connectivity index (χ3n) is 5.35. The highest BCUT2D eigenvalue weighted by atomic mass is 16.5. The van der Waals surface area contributed by atoms with Gasteiger partial charge in [-0.05, 0) is 55.3 Å². The molecular formula is C27H18O7. The van der Waals surface area contributed by atoms with Crippen molar-refractivity contribution in [3.63, 3.8) is 0 Å². The first kappa shape index (κ1) is 21.2. The number of aryl methyl sites for hydroxylation is 2. The summed E-state index contributed by atoms with van der Waals surface area (Å²) in [7, 11) is 0. The van der Waals surface area contributed by atoms with Gasteiger partial charge < -0.3 is 18.3 Å². The van der Waals surface area contributed by atoms with E-state index in [4.69, 9.17) is 18.3 Å². The molecule has 5 aromatic rings. The summed E-state index contributed by atoms with van der Waals surface area (Å²) in [4.78, 5) is 37.7. The van der Waals surface area contributed by atoms with Crippen LogP contribution in [0, 0.1) is 13.8 Å². The minimum atomic E-state index is -0.879. The number of carbonyl (C=O) groups excluding carboxylic acids is 1. The molecule has 0 aliphatic heterocycles. The Bertz CT molecular complexity index is 1690. The Balaban J connectivity index is 1.43. The van der Waals surface area contributed by atoms with Gasteiger partial charge in [-0.1, -0.05) is 30.3 Å². The van der Waals surface area contributed by atoms with Gasteiger partial charge in [-0.25, -0.2) is 9.59 Å². The maximum atomic E-state index is 12.9. The van der Waals surface area contributed by atoms with Crippen LogP contribution in [0.4, 0.5) is 0 Å². The quantitative estimate of drug-likeness (QED) is 0.200. The zero-order chi connectivity index (χ0) is 23.8. The molecule has 3 aromatic carbocycles. The van der Waals surface area contributed by atoms with Crippen molar-refractivity contribution >= 4 is 27.9 Å². The first-order chi connectivity index (χ1) is 16.4. The van der Waals surface area contributed by atoms with Gasteiger partial charge in [0.1, 0.15) is 34.5 Å². The summed E-state index contributed by atoms with van der Waals surface area (Å²) in [5.74, 6) is -0.168. The molecule has 7 nitrogen and oxygen atoms in total. The van der Waals surface area contributed by atoms with Crippen LogP contribution >= 0.6 is 0 Å². The second-order valence-electron chi connectivity index (χ2n) is 7.83. The van der Waals surface area contributed by atoms with E-state index >= 15 is 0 Å². The van der Waals surface area contributed by atoms with E-state index in [0.29, 0.717) is 16.7 Å². The number of ether oxygens (including phenoxy) is 2. The van der Waals surface area contributed by atoms with E-state index in [1.807, 2.05) is 32.0 Å². The normalized spacial score (nSPS) is 11.0. The fourth-order valence-corrected chi connectivity index (χ4v) is 3.53. The zero-order valence-electron chi connectivity index (χ0n) is 18.3. The predicted octanol–water partition coefficient (Wildman–Crippen LogP) is 5.53. The molecule has 0 aliphatic rings. The van der Waals surface area contributed by atoms with Crippen LogP contribution < -0.4 is 20.5 Å². The number of hydrogen-bond donors (Lipinski definition) is 0. The van der Waals surface area contributed by atoms with Crippen LogP contribution in [0.3, 0.4) is 0 Å². The maximum absolute atomic E-state index is 12.9. The van der Waals surface area contributed by atoms with Gasteiger partial charge in [0.15, 0.2) is 0 Å². The van der Waals surface area contributed by atoms with Crippen LogP contribution in [0.2, 0.25) is 0 Å². The Morgan fingerprint density at radius 1 is 0.853 bits per heavy atom. The maximum Gasteiger partial charge on any atom is 0.351 e. The number of benzene rings is 3. The van der Waals surface area contributed by atoms with E-state index in [1.54, 1.807) is 24.3 Å². The van der Waals surface area contributed by atoms with Crippen molar-refractivity contribution in [1.82, 2.24) is 0 Å². The second kappa shape index (κ2) is 8.37. The molecule has 0 N–H and O–H groups in total. The molecule has 0 bridgehead atoms. The van der Waals surface area contributed by atoms with E-state index in [1.165, 1.54) is 30.5 Å². The molecule has 5 rings (SSSR count). The molecule has 0 spiro atoms. The van der Waals surface area contributed by atoms with Crippen LogP contribution in [0.25, 0.3) is 21.9 Å². The summed E-state index contributed by atoms with van der Waals surface area (Å²) in [6, 6.07) is 18.3. The largest absolute Gasteiger partial charge is 0.460 e. The molecule has 0 atom stereocenters. The van der Waals surface area contributed by atoms with Crippen LogP contribution in [0.1, 0.15) is 21.5 Å². The summed E-state index contributed by atoms with van der Waals surface area (Å²) >= 11 is 0. The van der Waals surface area contributed by atoms with Crippen molar-refractivity contribution in [2.45, 2.75) is 13.8 Å². The van der Waals surface area contributed by atoms with Gasteiger partial charge in [0.05, 0.1) is 5.39 Å². The van der Waals surface area contributed by atoms with E-state index in [-0.39, 0.29) is 33.5 Å². The van der Waals surface area contributed by atoms with Gasteiger partial charge in [-0.3, -0.25) is 4.79 Å². The summed E-state index contributed by atoms with van der Waals surface area (Å²) in [5, 5.41) is 0.850. The fraction of sp³-hybridized carbons (Fsp3) is 0.0741. The molecule has 0 saturated heterocycles. The van der Waals surface area contributed by atoms with Crippen LogP contribution in [0.15, 0.2) is 91.4 Å². The number of hydrogen-bond acceptors (Lipinski definition) is 7. The number of esters is 1. The molecule has 0 radical (unpaired) electrons. The minimum absolute atomic E-state index is 0.0414. The zero-order valence-corrected chi connectivity index (χ0v) is 18.3. The van der Waals surface area contributed by atoms with Gasteiger partial charge in [-0.15, -0.1) is 0 Å². The van der Waals surface area contributed by atoms with Crippen molar-refractivity contribution < 1.29 is 23.1 Å². The first-order valence-electron chi connectivity index (χ1n) is 10.4. The van der Waals surface area contributed by atoms with Crippen LogP contribution in [0.5, 0.6) is 17.2 Å². The van der Waals surface area contributed by atoms with E-state index in [9.17, 15) is 14.4 Å². The van der Waals surface area contributed by atoms with Gasteiger partial charge in [-0.2, -0.15) is 0 Å². The van der Waals surface area contributed by atoms with E-state index in [2.05, 4.69) is 0 Å². The van der Waals surface area contributed by atoms with Crippen LogP contribution in [-0.4, -0.2) is 5.97 Å². The molecule has 7 heteroatoms. The van der Waals surface area contributed by atoms with Crippen molar-refractivity contribution in [3.8, 4) is 17.2 Å². The van der Waals surface area contributed by atoms with Gasteiger partial charge >= 0.3 is 11.6 Å². The monoisotopic (exact) mass is 454 g/mol. The fourth-order valence-electron chi connectivity index (χ4n) is 3.53. The van der Waals surface area contributed by atoms with Crippen molar-refractivity contribution in [1.29, 1.82) is 0 Å². The molecule has 0 fully saturated rings.